The molecule has 116 valence electrons. The van der Waals surface area contributed by atoms with Crippen molar-refractivity contribution in [3.8, 4) is 0 Å². The Hall–Kier alpha value is -1.66. The lowest BCUT2D eigenvalue weighted by Crippen LogP contribution is -2.47. The molecule has 0 atom stereocenters. The van der Waals surface area contributed by atoms with Crippen molar-refractivity contribution >= 4 is 11.7 Å². The predicted octanol–water partition coefficient (Wildman–Crippen LogP) is 0.336. The van der Waals surface area contributed by atoms with Gasteiger partial charge in [-0.1, -0.05) is 6.92 Å². The zero-order valence-corrected chi connectivity index (χ0v) is 12.6. The molecule has 1 aromatic heterocycles. The molecule has 21 heavy (non-hydrogen) atoms. The Morgan fingerprint density at radius 1 is 1.33 bits per heavy atom. The van der Waals surface area contributed by atoms with Gasteiger partial charge in [-0.05, 0) is 18.6 Å². The van der Waals surface area contributed by atoms with Crippen LogP contribution >= 0.6 is 0 Å². The van der Waals surface area contributed by atoms with E-state index in [2.05, 4.69) is 20.1 Å². The van der Waals surface area contributed by atoms with Crippen LogP contribution in [0.2, 0.25) is 0 Å². The smallest absolute Gasteiger partial charge is 0.252 e. The third-order valence-electron chi connectivity index (χ3n) is 3.66. The number of rotatable bonds is 6. The third-order valence-corrected chi connectivity index (χ3v) is 3.66. The minimum Gasteiger partial charge on any atom is -0.395 e. The summed E-state index contributed by atoms with van der Waals surface area (Å²) in [6, 6.07) is 3.73. The van der Waals surface area contributed by atoms with Crippen molar-refractivity contribution in [1.82, 2.24) is 15.2 Å². The van der Waals surface area contributed by atoms with Crippen LogP contribution in [0.25, 0.3) is 0 Å². The molecule has 0 bridgehead atoms. The summed E-state index contributed by atoms with van der Waals surface area (Å²) in [5, 5.41) is 11.8. The van der Waals surface area contributed by atoms with Crippen LogP contribution in [-0.2, 0) is 0 Å². The Morgan fingerprint density at radius 3 is 2.67 bits per heavy atom. The third kappa shape index (κ3) is 4.41. The SMILES string of the molecule is CCCNC(=O)c1ccc(N2CCN(CCO)CC2)nc1. The molecule has 0 saturated carbocycles. The molecule has 0 aromatic carbocycles. The van der Waals surface area contributed by atoms with Gasteiger partial charge in [0.25, 0.3) is 5.91 Å². The van der Waals surface area contributed by atoms with Gasteiger partial charge in [0.2, 0.25) is 0 Å². The largest absolute Gasteiger partial charge is 0.395 e. The number of aliphatic hydroxyl groups excluding tert-OH is 1. The summed E-state index contributed by atoms with van der Waals surface area (Å²) < 4.78 is 0. The van der Waals surface area contributed by atoms with Gasteiger partial charge in [0.1, 0.15) is 5.82 Å². The number of pyridine rings is 1. The minimum absolute atomic E-state index is 0.0661. The van der Waals surface area contributed by atoms with Crippen LogP contribution in [0, 0.1) is 0 Å². The van der Waals surface area contributed by atoms with E-state index >= 15 is 0 Å². The van der Waals surface area contributed by atoms with Crippen molar-refractivity contribution in [1.29, 1.82) is 0 Å². The van der Waals surface area contributed by atoms with Gasteiger partial charge in [-0.25, -0.2) is 4.98 Å². The molecule has 2 heterocycles. The lowest BCUT2D eigenvalue weighted by Gasteiger charge is -2.35. The number of carbonyl (C=O) groups is 1. The lowest BCUT2D eigenvalue weighted by molar-refractivity contribution is 0.0953. The normalized spacial score (nSPS) is 16.0. The molecule has 6 nitrogen and oxygen atoms in total. The van der Waals surface area contributed by atoms with Crippen molar-refractivity contribution in [3.05, 3.63) is 23.9 Å². The monoisotopic (exact) mass is 292 g/mol. The molecule has 1 amide bonds. The highest BCUT2D eigenvalue weighted by molar-refractivity contribution is 5.94. The van der Waals surface area contributed by atoms with E-state index < -0.39 is 0 Å². The minimum atomic E-state index is -0.0661. The number of amides is 1. The van der Waals surface area contributed by atoms with E-state index in [4.69, 9.17) is 5.11 Å². The summed E-state index contributed by atoms with van der Waals surface area (Å²) in [5.74, 6) is 0.842. The molecule has 0 radical (unpaired) electrons. The second-order valence-corrected chi connectivity index (χ2v) is 5.21. The number of hydrogen-bond acceptors (Lipinski definition) is 5. The molecule has 0 aliphatic carbocycles. The van der Waals surface area contributed by atoms with Gasteiger partial charge in [-0.15, -0.1) is 0 Å². The fraction of sp³-hybridized carbons (Fsp3) is 0.600. The van der Waals surface area contributed by atoms with Crippen molar-refractivity contribution in [3.63, 3.8) is 0 Å². The van der Waals surface area contributed by atoms with E-state index in [-0.39, 0.29) is 12.5 Å². The molecule has 1 fully saturated rings. The first-order valence-corrected chi connectivity index (χ1v) is 7.57. The van der Waals surface area contributed by atoms with Crippen LogP contribution in [0.4, 0.5) is 5.82 Å². The maximum Gasteiger partial charge on any atom is 0.252 e. The fourth-order valence-electron chi connectivity index (χ4n) is 2.39. The van der Waals surface area contributed by atoms with E-state index in [1.807, 2.05) is 19.1 Å². The standard InChI is InChI=1S/C15H24N4O2/c1-2-5-16-15(21)13-3-4-14(17-12-13)19-8-6-18(7-9-19)10-11-20/h3-4,12,20H,2,5-11H2,1H3,(H,16,21). The van der Waals surface area contributed by atoms with Crippen molar-refractivity contribution in [2.24, 2.45) is 0 Å². The molecule has 2 N–H and O–H groups in total. The van der Waals surface area contributed by atoms with E-state index in [9.17, 15) is 4.79 Å². The van der Waals surface area contributed by atoms with Gasteiger partial charge in [-0.2, -0.15) is 0 Å². The average molecular weight is 292 g/mol. The Kier molecular flexibility index (Phi) is 5.95. The molecule has 1 aromatic rings. The van der Waals surface area contributed by atoms with E-state index in [1.54, 1.807) is 6.20 Å². The predicted molar refractivity (Wildman–Crippen MR) is 82.6 cm³/mol. The maximum atomic E-state index is 11.8. The molecule has 0 unspecified atom stereocenters. The van der Waals surface area contributed by atoms with Crippen LogP contribution in [0.1, 0.15) is 23.7 Å². The van der Waals surface area contributed by atoms with Crippen molar-refractivity contribution in [2.75, 3.05) is 50.8 Å². The topological polar surface area (TPSA) is 68.7 Å². The number of piperazine rings is 1. The number of aliphatic hydroxyl groups is 1. The highest BCUT2D eigenvalue weighted by Crippen LogP contribution is 2.14. The van der Waals surface area contributed by atoms with Crippen molar-refractivity contribution in [2.45, 2.75) is 13.3 Å². The van der Waals surface area contributed by atoms with Gasteiger partial charge in [0.15, 0.2) is 0 Å². The number of β-amino-alcohol motifs (C(OH)–C–C–N with tert-alkyl or cyclic N) is 1. The number of hydrogen-bond donors (Lipinski definition) is 2. The van der Waals surface area contributed by atoms with Gasteiger partial charge in [0.05, 0.1) is 12.2 Å². The summed E-state index contributed by atoms with van der Waals surface area (Å²) in [6.45, 7) is 7.31. The van der Waals surface area contributed by atoms with Gasteiger partial charge in [-0.3, -0.25) is 9.69 Å². The summed E-state index contributed by atoms with van der Waals surface area (Å²) in [5.41, 5.74) is 0.603. The molecule has 0 spiro atoms. The molecule has 1 aliphatic heterocycles. The molecule has 1 aliphatic rings. The average Bonchev–Trinajstić information content (AvgIpc) is 2.54. The van der Waals surface area contributed by atoms with Gasteiger partial charge >= 0.3 is 0 Å². The molecule has 6 heteroatoms. The van der Waals surface area contributed by atoms with Gasteiger partial charge < -0.3 is 15.3 Å². The summed E-state index contributed by atoms with van der Waals surface area (Å²) in [4.78, 5) is 20.7. The molecular formula is C15H24N4O2. The number of nitrogens with zero attached hydrogens (tertiary/aromatic N) is 3. The quantitative estimate of drug-likeness (QED) is 0.791. The number of anilines is 1. The summed E-state index contributed by atoms with van der Waals surface area (Å²) in [7, 11) is 0. The molecule has 2 rings (SSSR count). The Balaban J connectivity index is 1.89. The Bertz CT molecular complexity index is 441. The summed E-state index contributed by atoms with van der Waals surface area (Å²) >= 11 is 0. The Morgan fingerprint density at radius 2 is 2.10 bits per heavy atom. The lowest BCUT2D eigenvalue weighted by atomic mass is 10.2. The first kappa shape index (κ1) is 15.7. The van der Waals surface area contributed by atoms with Crippen LogP contribution in [0.3, 0.4) is 0 Å². The zero-order chi connectivity index (χ0) is 15.1. The second-order valence-electron chi connectivity index (χ2n) is 5.21. The molecular weight excluding hydrogens is 268 g/mol. The second kappa shape index (κ2) is 7.95. The summed E-state index contributed by atoms with van der Waals surface area (Å²) in [6.07, 6.45) is 2.57. The van der Waals surface area contributed by atoms with Crippen molar-refractivity contribution < 1.29 is 9.90 Å². The van der Waals surface area contributed by atoms with E-state index in [0.29, 0.717) is 12.1 Å². The first-order chi connectivity index (χ1) is 10.2. The number of aromatic nitrogens is 1. The van der Waals surface area contributed by atoms with Crippen LogP contribution in [0.5, 0.6) is 0 Å². The number of carbonyl (C=O) groups excluding carboxylic acids is 1. The van der Waals surface area contributed by atoms with Crippen LogP contribution < -0.4 is 10.2 Å². The number of nitrogens with one attached hydrogen (secondary N) is 1. The fourth-order valence-corrected chi connectivity index (χ4v) is 2.39. The maximum absolute atomic E-state index is 11.8. The highest BCUT2D eigenvalue weighted by Gasteiger charge is 2.17. The van der Waals surface area contributed by atoms with E-state index in [0.717, 1.165) is 45.0 Å². The zero-order valence-electron chi connectivity index (χ0n) is 12.6. The highest BCUT2D eigenvalue weighted by atomic mass is 16.3. The molecule has 1 saturated heterocycles. The van der Waals surface area contributed by atoms with Gasteiger partial charge in [0, 0.05) is 45.5 Å². The van der Waals surface area contributed by atoms with E-state index in [1.165, 1.54) is 0 Å². The first-order valence-electron chi connectivity index (χ1n) is 7.57. The van der Waals surface area contributed by atoms with Crippen LogP contribution in [-0.4, -0.2) is 66.8 Å². The Labute approximate surface area is 125 Å². The van der Waals surface area contributed by atoms with Crippen LogP contribution in [0.15, 0.2) is 18.3 Å².